The number of thiazole rings is 1. The fourth-order valence-corrected chi connectivity index (χ4v) is 4.55. The number of H-pyrrole nitrogens is 1. The summed E-state index contributed by atoms with van der Waals surface area (Å²) in [4.78, 5) is 35.9. The number of thioether (sulfide) groups is 1. The number of rotatable bonds is 8. The highest BCUT2D eigenvalue weighted by molar-refractivity contribution is 7.99. The number of carbonyl (C=O) groups excluding carboxylic acids is 1. The summed E-state index contributed by atoms with van der Waals surface area (Å²) in [6.45, 7) is 8.14. The maximum Gasteiger partial charge on any atom is 0.254 e. The minimum atomic E-state index is -0.187. The number of aryl methyl sites for hydroxylation is 1. The Morgan fingerprint density at radius 3 is 2.60 bits per heavy atom. The smallest absolute Gasteiger partial charge is 0.254 e. The Morgan fingerprint density at radius 2 is 1.97 bits per heavy atom. The minimum Gasteiger partial charge on any atom is -0.301 e. The number of nitrogens with one attached hydrogen (secondary N) is 2. The van der Waals surface area contributed by atoms with Gasteiger partial charge in [-0.05, 0) is 31.2 Å². The predicted octanol–water partition coefficient (Wildman–Crippen LogP) is 4.69. The van der Waals surface area contributed by atoms with Gasteiger partial charge in [0, 0.05) is 22.2 Å². The molecule has 0 bridgehead atoms. The van der Waals surface area contributed by atoms with E-state index in [1.165, 1.54) is 28.7 Å². The van der Waals surface area contributed by atoms with Crippen LogP contribution in [0, 0.1) is 12.8 Å². The fourth-order valence-electron chi connectivity index (χ4n) is 3.11. The zero-order chi connectivity index (χ0) is 21.7. The highest BCUT2D eigenvalue weighted by Crippen LogP contribution is 2.26. The molecular formula is C22H26N4O2S2. The molecule has 0 unspecified atom stereocenters. The zero-order valence-electron chi connectivity index (χ0n) is 17.6. The van der Waals surface area contributed by atoms with Crippen LogP contribution in [0.1, 0.15) is 37.6 Å². The van der Waals surface area contributed by atoms with Crippen LogP contribution in [0.25, 0.3) is 11.3 Å². The third-order valence-corrected chi connectivity index (χ3v) is 6.17. The van der Waals surface area contributed by atoms with Crippen molar-refractivity contribution in [2.75, 3.05) is 11.1 Å². The fraction of sp³-hybridized carbons (Fsp3) is 0.364. The summed E-state index contributed by atoms with van der Waals surface area (Å²) in [6.07, 6.45) is 1.68. The molecule has 0 spiro atoms. The van der Waals surface area contributed by atoms with Crippen molar-refractivity contribution in [1.82, 2.24) is 15.0 Å². The van der Waals surface area contributed by atoms with Crippen LogP contribution < -0.4 is 10.9 Å². The topological polar surface area (TPSA) is 87.7 Å². The lowest BCUT2D eigenvalue weighted by Gasteiger charge is -2.06. The van der Waals surface area contributed by atoms with Gasteiger partial charge in [-0.25, -0.2) is 9.97 Å². The summed E-state index contributed by atoms with van der Waals surface area (Å²) in [5, 5.41) is 5.76. The van der Waals surface area contributed by atoms with Crippen molar-refractivity contribution >= 4 is 34.1 Å². The van der Waals surface area contributed by atoms with Crippen LogP contribution in [0.4, 0.5) is 5.13 Å². The maximum absolute atomic E-state index is 12.3. The molecule has 0 radical (unpaired) electrons. The Labute approximate surface area is 184 Å². The van der Waals surface area contributed by atoms with E-state index in [-0.39, 0.29) is 17.2 Å². The first-order chi connectivity index (χ1) is 14.4. The summed E-state index contributed by atoms with van der Waals surface area (Å²) in [5.74, 6) is 0.580. The standard InChI is InChI=1S/C22H26N4O2S2/c1-5-17-14(4)23-21(26-20(17)28)30-12-19(27)25-22-24-18(11-29-22)16-8-6-15(7-9-16)10-13(2)3/h6-9,11,13H,5,10,12H2,1-4H3,(H,23,26,28)(H,24,25,27). The van der Waals surface area contributed by atoms with E-state index < -0.39 is 0 Å². The molecule has 0 saturated carbocycles. The number of nitrogens with zero attached hydrogens (tertiary/aromatic N) is 2. The highest BCUT2D eigenvalue weighted by atomic mass is 32.2. The van der Waals surface area contributed by atoms with E-state index in [0.29, 0.717) is 33.9 Å². The van der Waals surface area contributed by atoms with Crippen molar-refractivity contribution in [2.24, 2.45) is 5.92 Å². The molecule has 6 nitrogen and oxygen atoms in total. The van der Waals surface area contributed by atoms with Crippen LogP contribution in [-0.2, 0) is 17.6 Å². The Bertz CT molecular complexity index is 1070. The van der Waals surface area contributed by atoms with Gasteiger partial charge in [0.2, 0.25) is 5.91 Å². The lowest BCUT2D eigenvalue weighted by atomic mass is 10.0. The minimum absolute atomic E-state index is 0.142. The van der Waals surface area contributed by atoms with Crippen molar-refractivity contribution in [1.29, 1.82) is 0 Å². The predicted molar refractivity (Wildman–Crippen MR) is 124 cm³/mol. The molecule has 1 amide bonds. The van der Waals surface area contributed by atoms with Crippen LogP contribution in [0.5, 0.6) is 0 Å². The van der Waals surface area contributed by atoms with Gasteiger partial charge in [0.15, 0.2) is 10.3 Å². The zero-order valence-corrected chi connectivity index (χ0v) is 19.2. The molecule has 30 heavy (non-hydrogen) atoms. The average molecular weight is 443 g/mol. The Hall–Kier alpha value is -2.45. The molecule has 0 atom stereocenters. The Kier molecular flexibility index (Phi) is 7.44. The normalized spacial score (nSPS) is 11.1. The highest BCUT2D eigenvalue weighted by Gasteiger charge is 2.11. The first kappa shape index (κ1) is 22.2. The maximum atomic E-state index is 12.3. The van der Waals surface area contributed by atoms with E-state index >= 15 is 0 Å². The second kappa shape index (κ2) is 10.0. The van der Waals surface area contributed by atoms with Crippen molar-refractivity contribution in [3.8, 4) is 11.3 Å². The third kappa shape index (κ3) is 5.79. The van der Waals surface area contributed by atoms with Crippen LogP contribution in [0.3, 0.4) is 0 Å². The summed E-state index contributed by atoms with van der Waals surface area (Å²) < 4.78 is 0. The van der Waals surface area contributed by atoms with E-state index in [2.05, 4.69) is 58.4 Å². The Balaban J connectivity index is 1.58. The van der Waals surface area contributed by atoms with E-state index in [1.807, 2.05) is 19.2 Å². The SMILES string of the molecule is CCc1c(C)nc(SCC(=O)Nc2nc(-c3ccc(CC(C)C)cc3)cs2)[nH]c1=O. The lowest BCUT2D eigenvalue weighted by Crippen LogP contribution is -2.18. The van der Waals surface area contributed by atoms with Crippen molar-refractivity contribution in [3.05, 3.63) is 56.8 Å². The van der Waals surface area contributed by atoms with E-state index in [0.717, 1.165) is 17.7 Å². The number of hydrogen-bond acceptors (Lipinski definition) is 6. The first-order valence-electron chi connectivity index (χ1n) is 9.93. The van der Waals surface area contributed by atoms with Gasteiger partial charge in [-0.2, -0.15) is 0 Å². The number of amides is 1. The summed E-state index contributed by atoms with van der Waals surface area (Å²) in [7, 11) is 0. The monoisotopic (exact) mass is 442 g/mol. The van der Waals surface area contributed by atoms with Gasteiger partial charge >= 0.3 is 0 Å². The van der Waals surface area contributed by atoms with Crippen molar-refractivity contribution in [2.45, 2.75) is 45.7 Å². The molecule has 0 aliphatic heterocycles. The van der Waals surface area contributed by atoms with Crippen molar-refractivity contribution in [3.63, 3.8) is 0 Å². The van der Waals surface area contributed by atoms with Gasteiger partial charge in [-0.15, -0.1) is 11.3 Å². The molecule has 3 rings (SSSR count). The van der Waals surface area contributed by atoms with Crippen LogP contribution in [0.2, 0.25) is 0 Å². The molecule has 3 aromatic rings. The van der Waals surface area contributed by atoms with Crippen LogP contribution in [-0.4, -0.2) is 26.6 Å². The third-order valence-electron chi connectivity index (χ3n) is 4.54. The molecule has 158 valence electrons. The number of hydrogen-bond donors (Lipinski definition) is 2. The molecule has 0 aliphatic carbocycles. The van der Waals surface area contributed by atoms with E-state index in [4.69, 9.17) is 0 Å². The van der Waals surface area contributed by atoms with Gasteiger partial charge in [0.25, 0.3) is 5.56 Å². The number of benzene rings is 1. The number of aromatic nitrogens is 3. The van der Waals surface area contributed by atoms with Gasteiger partial charge in [-0.3, -0.25) is 9.59 Å². The molecule has 0 aliphatic rings. The Morgan fingerprint density at radius 1 is 1.23 bits per heavy atom. The molecule has 2 N–H and O–H groups in total. The average Bonchev–Trinajstić information content (AvgIpc) is 3.15. The molecule has 1 aromatic carbocycles. The second-order valence-electron chi connectivity index (χ2n) is 7.46. The number of anilines is 1. The quantitative estimate of drug-likeness (QED) is 0.390. The van der Waals surface area contributed by atoms with Gasteiger partial charge < -0.3 is 10.3 Å². The molecule has 0 fully saturated rings. The molecular weight excluding hydrogens is 416 g/mol. The summed E-state index contributed by atoms with van der Waals surface area (Å²) in [5.41, 5.74) is 4.42. The summed E-state index contributed by atoms with van der Waals surface area (Å²) in [6, 6.07) is 8.39. The van der Waals surface area contributed by atoms with Gasteiger partial charge in [0.05, 0.1) is 11.4 Å². The van der Waals surface area contributed by atoms with Crippen LogP contribution >= 0.6 is 23.1 Å². The second-order valence-corrected chi connectivity index (χ2v) is 9.28. The summed E-state index contributed by atoms with van der Waals surface area (Å²) >= 11 is 2.60. The van der Waals surface area contributed by atoms with E-state index in [1.54, 1.807) is 0 Å². The number of aromatic amines is 1. The largest absolute Gasteiger partial charge is 0.301 e. The number of carbonyl (C=O) groups is 1. The van der Waals surface area contributed by atoms with Gasteiger partial charge in [0.1, 0.15) is 0 Å². The molecule has 2 aromatic heterocycles. The van der Waals surface area contributed by atoms with Crippen LogP contribution in [0.15, 0.2) is 39.6 Å². The molecule has 0 saturated heterocycles. The molecule has 2 heterocycles. The van der Waals surface area contributed by atoms with Crippen molar-refractivity contribution < 1.29 is 4.79 Å². The molecule has 8 heteroatoms. The lowest BCUT2D eigenvalue weighted by molar-refractivity contribution is -0.113. The first-order valence-corrected chi connectivity index (χ1v) is 11.8. The van der Waals surface area contributed by atoms with E-state index in [9.17, 15) is 9.59 Å². The van der Waals surface area contributed by atoms with Gasteiger partial charge in [-0.1, -0.05) is 56.8 Å².